The summed E-state index contributed by atoms with van der Waals surface area (Å²) in [6.45, 7) is 4.96. The molecule has 0 unspecified atom stereocenters. The van der Waals surface area contributed by atoms with Gasteiger partial charge in [-0.2, -0.15) is 0 Å². The first-order valence-electron chi connectivity index (χ1n) is 5.50. The molecule has 1 aromatic carbocycles. The summed E-state index contributed by atoms with van der Waals surface area (Å²) in [5.41, 5.74) is 9.72. The molecule has 2 heteroatoms. The Morgan fingerprint density at radius 1 is 1.33 bits per heavy atom. The van der Waals surface area contributed by atoms with E-state index in [1.54, 1.807) is 0 Å². The van der Waals surface area contributed by atoms with Gasteiger partial charge in [0.15, 0.2) is 0 Å². The summed E-state index contributed by atoms with van der Waals surface area (Å²) in [6.07, 6.45) is 3.36. The Balaban J connectivity index is 2.14. The lowest BCUT2D eigenvalue weighted by Crippen LogP contribution is -2.30. The van der Waals surface area contributed by atoms with Gasteiger partial charge in [-0.3, -0.25) is 0 Å². The molecule has 0 saturated carbocycles. The van der Waals surface area contributed by atoms with Crippen molar-refractivity contribution in [3.05, 3.63) is 41.5 Å². The van der Waals surface area contributed by atoms with Gasteiger partial charge in [-0.15, -0.1) is 0 Å². The monoisotopic (exact) mass is 202 g/mol. The molecule has 0 aromatic heterocycles. The lowest BCUT2D eigenvalue weighted by atomic mass is 10.1. The summed E-state index contributed by atoms with van der Waals surface area (Å²) in [4.78, 5) is 2.41. The van der Waals surface area contributed by atoms with Crippen molar-refractivity contribution in [1.82, 2.24) is 0 Å². The molecule has 0 amide bonds. The van der Waals surface area contributed by atoms with Crippen molar-refractivity contribution >= 4 is 5.69 Å². The van der Waals surface area contributed by atoms with Crippen molar-refractivity contribution in [2.75, 3.05) is 24.5 Å². The summed E-state index contributed by atoms with van der Waals surface area (Å²) >= 11 is 0. The minimum absolute atomic E-state index is 0.710. The van der Waals surface area contributed by atoms with Gasteiger partial charge in [0.25, 0.3) is 0 Å². The second-order valence-corrected chi connectivity index (χ2v) is 4.05. The number of para-hydroxylation sites is 1. The van der Waals surface area contributed by atoms with Gasteiger partial charge < -0.3 is 10.6 Å². The van der Waals surface area contributed by atoms with Crippen LogP contribution in [0.5, 0.6) is 0 Å². The fraction of sp³-hybridized carbons (Fsp3) is 0.385. The van der Waals surface area contributed by atoms with Crippen LogP contribution in [0.2, 0.25) is 0 Å². The molecule has 80 valence electrons. The molecule has 0 saturated heterocycles. The summed E-state index contributed by atoms with van der Waals surface area (Å²) in [5, 5.41) is 0. The van der Waals surface area contributed by atoms with Crippen LogP contribution in [0.1, 0.15) is 12.0 Å². The number of benzene rings is 1. The molecule has 0 atom stereocenters. The Bertz CT molecular complexity index is 369. The molecule has 0 radical (unpaired) electrons. The number of hydrogen-bond acceptors (Lipinski definition) is 2. The third-order valence-corrected chi connectivity index (χ3v) is 3.02. The molecule has 0 fully saturated rings. The van der Waals surface area contributed by atoms with Crippen molar-refractivity contribution in [1.29, 1.82) is 0 Å². The lowest BCUT2D eigenvalue weighted by Gasteiger charge is -2.29. The molecule has 1 heterocycles. The van der Waals surface area contributed by atoms with Crippen LogP contribution in [0.15, 0.2) is 35.9 Å². The SMILES string of the molecule is Cc1ccccc1N1CC=C(CN)CC1. The third-order valence-electron chi connectivity index (χ3n) is 3.02. The second-order valence-electron chi connectivity index (χ2n) is 4.05. The summed E-state index contributed by atoms with van der Waals surface area (Å²) in [5.74, 6) is 0. The van der Waals surface area contributed by atoms with E-state index >= 15 is 0 Å². The van der Waals surface area contributed by atoms with Crippen molar-refractivity contribution in [3.8, 4) is 0 Å². The first-order valence-corrected chi connectivity index (χ1v) is 5.50. The Morgan fingerprint density at radius 3 is 2.73 bits per heavy atom. The highest BCUT2D eigenvalue weighted by Crippen LogP contribution is 2.22. The predicted octanol–water partition coefficient (Wildman–Crippen LogP) is 2.09. The zero-order chi connectivity index (χ0) is 10.7. The van der Waals surface area contributed by atoms with Crippen LogP contribution in [0.4, 0.5) is 5.69 Å². The average Bonchev–Trinajstić information content (AvgIpc) is 2.30. The van der Waals surface area contributed by atoms with Crippen molar-refractivity contribution < 1.29 is 0 Å². The number of anilines is 1. The van der Waals surface area contributed by atoms with E-state index < -0.39 is 0 Å². The normalized spacial score (nSPS) is 16.4. The number of hydrogen-bond donors (Lipinski definition) is 1. The quantitative estimate of drug-likeness (QED) is 0.744. The molecule has 0 spiro atoms. The number of nitrogens with zero attached hydrogens (tertiary/aromatic N) is 1. The average molecular weight is 202 g/mol. The smallest absolute Gasteiger partial charge is 0.0398 e. The molecule has 1 aliphatic rings. The third kappa shape index (κ3) is 2.21. The van der Waals surface area contributed by atoms with E-state index in [1.807, 2.05) is 0 Å². The fourth-order valence-electron chi connectivity index (χ4n) is 2.03. The number of aryl methyl sites for hydroxylation is 1. The molecular weight excluding hydrogens is 184 g/mol. The van der Waals surface area contributed by atoms with Crippen LogP contribution in [0, 0.1) is 6.92 Å². The predicted molar refractivity (Wildman–Crippen MR) is 65.1 cm³/mol. The largest absolute Gasteiger partial charge is 0.367 e. The zero-order valence-corrected chi connectivity index (χ0v) is 9.24. The van der Waals surface area contributed by atoms with Crippen molar-refractivity contribution in [2.45, 2.75) is 13.3 Å². The highest BCUT2D eigenvalue weighted by Gasteiger charge is 2.12. The number of rotatable bonds is 2. The van der Waals surface area contributed by atoms with E-state index in [4.69, 9.17) is 5.73 Å². The van der Waals surface area contributed by atoms with E-state index in [-0.39, 0.29) is 0 Å². The number of nitrogens with two attached hydrogens (primary N) is 1. The van der Waals surface area contributed by atoms with E-state index in [2.05, 4.69) is 42.2 Å². The molecule has 2 rings (SSSR count). The van der Waals surface area contributed by atoms with Gasteiger partial charge in [0.1, 0.15) is 0 Å². The van der Waals surface area contributed by atoms with Gasteiger partial charge in [0, 0.05) is 25.3 Å². The van der Waals surface area contributed by atoms with Crippen molar-refractivity contribution in [3.63, 3.8) is 0 Å². The Labute approximate surface area is 91.4 Å². The molecule has 0 aliphatic carbocycles. The van der Waals surface area contributed by atoms with Gasteiger partial charge in [-0.25, -0.2) is 0 Å². The molecule has 2 N–H and O–H groups in total. The zero-order valence-electron chi connectivity index (χ0n) is 9.24. The van der Waals surface area contributed by atoms with Crippen LogP contribution in [-0.2, 0) is 0 Å². The van der Waals surface area contributed by atoms with Gasteiger partial charge in [-0.05, 0) is 25.0 Å². The van der Waals surface area contributed by atoms with E-state index in [0.717, 1.165) is 19.5 Å². The van der Waals surface area contributed by atoms with Crippen molar-refractivity contribution in [2.24, 2.45) is 5.73 Å². The maximum absolute atomic E-state index is 5.63. The first-order chi connectivity index (χ1) is 7.31. The molecule has 0 bridgehead atoms. The van der Waals surface area contributed by atoms with E-state index in [0.29, 0.717) is 6.54 Å². The van der Waals surface area contributed by atoms with E-state index in [9.17, 15) is 0 Å². The Hall–Kier alpha value is -1.28. The van der Waals surface area contributed by atoms with Crippen LogP contribution in [-0.4, -0.2) is 19.6 Å². The Morgan fingerprint density at radius 2 is 2.13 bits per heavy atom. The minimum Gasteiger partial charge on any atom is -0.367 e. The molecule has 15 heavy (non-hydrogen) atoms. The van der Waals surface area contributed by atoms with Gasteiger partial charge in [-0.1, -0.05) is 29.8 Å². The topological polar surface area (TPSA) is 29.3 Å². The Kier molecular flexibility index (Phi) is 3.07. The summed E-state index contributed by atoms with van der Waals surface area (Å²) < 4.78 is 0. The van der Waals surface area contributed by atoms with Gasteiger partial charge >= 0.3 is 0 Å². The van der Waals surface area contributed by atoms with Crippen LogP contribution in [0.25, 0.3) is 0 Å². The summed E-state index contributed by atoms with van der Waals surface area (Å²) in [7, 11) is 0. The van der Waals surface area contributed by atoms with Gasteiger partial charge in [0.2, 0.25) is 0 Å². The fourth-order valence-corrected chi connectivity index (χ4v) is 2.03. The molecule has 1 aliphatic heterocycles. The molecule has 1 aromatic rings. The molecule has 2 nitrogen and oxygen atoms in total. The highest BCUT2D eigenvalue weighted by atomic mass is 15.1. The standard InChI is InChI=1S/C13H18N2/c1-11-4-2-3-5-13(11)15-8-6-12(10-14)7-9-15/h2-6H,7-10,14H2,1H3. The van der Waals surface area contributed by atoms with Crippen LogP contribution >= 0.6 is 0 Å². The molecular formula is C13H18N2. The highest BCUT2D eigenvalue weighted by molar-refractivity contribution is 5.54. The summed E-state index contributed by atoms with van der Waals surface area (Å²) in [6, 6.07) is 8.54. The van der Waals surface area contributed by atoms with Crippen LogP contribution in [0.3, 0.4) is 0 Å². The minimum atomic E-state index is 0.710. The first kappa shape index (κ1) is 10.2. The maximum Gasteiger partial charge on any atom is 0.0398 e. The maximum atomic E-state index is 5.63. The second kappa shape index (κ2) is 4.49. The van der Waals surface area contributed by atoms with E-state index in [1.165, 1.54) is 16.8 Å². The lowest BCUT2D eigenvalue weighted by molar-refractivity contribution is 0.770. The van der Waals surface area contributed by atoms with Crippen LogP contribution < -0.4 is 10.6 Å². The van der Waals surface area contributed by atoms with Gasteiger partial charge in [0.05, 0.1) is 0 Å².